The lowest BCUT2D eigenvalue weighted by Crippen LogP contribution is -2.17. The van der Waals surface area contributed by atoms with Gasteiger partial charge in [0.2, 0.25) is 0 Å². The molecule has 0 saturated heterocycles. The molecule has 0 unspecified atom stereocenters. The number of carbonyl (C=O) groups is 1. The van der Waals surface area contributed by atoms with Gasteiger partial charge in [0.25, 0.3) is 5.91 Å². The second-order valence-corrected chi connectivity index (χ2v) is 5.99. The highest BCUT2D eigenvalue weighted by Crippen LogP contribution is 2.30. The lowest BCUT2D eigenvalue weighted by atomic mass is 9.88. The average Bonchev–Trinajstić information content (AvgIpc) is 2.90. The zero-order valence-electron chi connectivity index (χ0n) is 12.5. The van der Waals surface area contributed by atoms with Gasteiger partial charge in [-0.3, -0.25) is 4.79 Å². The van der Waals surface area contributed by atoms with Gasteiger partial charge in [0.05, 0.1) is 12.1 Å². The van der Waals surface area contributed by atoms with Gasteiger partial charge in [0.15, 0.2) is 5.69 Å². The van der Waals surface area contributed by atoms with E-state index in [1.807, 2.05) is 0 Å². The van der Waals surface area contributed by atoms with Gasteiger partial charge in [-0.1, -0.05) is 23.7 Å². The second-order valence-electron chi connectivity index (χ2n) is 5.58. The van der Waals surface area contributed by atoms with Crippen LogP contribution in [0, 0.1) is 5.92 Å². The van der Waals surface area contributed by atoms with Crippen LogP contribution in [-0.2, 0) is 12.8 Å². The first kappa shape index (κ1) is 14.9. The van der Waals surface area contributed by atoms with Gasteiger partial charge in [-0.15, -0.1) is 0 Å². The van der Waals surface area contributed by atoms with Crippen molar-refractivity contribution in [3.63, 3.8) is 0 Å². The topological polar surface area (TPSA) is 64.4 Å². The summed E-state index contributed by atoms with van der Waals surface area (Å²) in [7, 11) is 1.54. The van der Waals surface area contributed by atoms with Gasteiger partial charge >= 0.3 is 0 Å². The Morgan fingerprint density at radius 1 is 1.50 bits per heavy atom. The summed E-state index contributed by atoms with van der Waals surface area (Å²) in [6.07, 6.45) is 2.73. The average molecular weight is 321 g/mol. The van der Waals surface area contributed by atoms with Gasteiger partial charge in [-0.05, 0) is 37.0 Å². The molecule has 116 valence electrons. The van der Waals surface area contributed by atoms with Crippen LogP contribution in [0.5, 0.6) is 5.75 Å². The number of amides is 1. The smallest absolute Gasteiger partial charge is 0.278 e. The summed E-state index contributed by atoms with van der Waals surface area (Å²) in [5.41, 5.74) is 1.89. The fourth-order valence-electron chi connectivity index (χ4n) is 2.69. The zero-order chi connectivity index (χ0) is 15.7. The summed E-state index contributed by atoms with van der Waals surface area (Å²) < 4.78 is 10.4. The molecule has 1 aliphatic carbocycles. The third-order valence-electron chi connectivity index (χ3n) is 3.91. The van der Waals surface area contributed by atoms with Crippen LogP contribution in [0.4, 0.5) is 5.69 Å². The monoisotopic (exact) mass is 320 g/mol. The van der Waals surface area contributed by atoms with Crippen molar-refractivity contribution in [3.05, 3.63) is 40.2 Å². The first-order valence-electron chi connectivity index (χ1n) is 7.20. The molecule has 0 saturated carbocycles. The number of hydrogen-bond donors (Lipinski definition) is 1. The Balaban J connectivity index is 1.81. The molecule has 1 aliphatic rings. The number of methoxy groups -OCH3 is 1. The van der Waals surface area contributed by atoms with Crippen LogP contribution >= 0.6 is 11.6 Å². The fourth-order valence-corrected chi connectivity index (χ4v) is 2.95. The quantitative estimate of drug-likeness (QED) is 0.936. The molecule has 1 N–H and O–H groups in total. The van der Waals surface area contributed by atoms with Crippen LogP contribution in [0.15, 0.2) is 22.7 Å². The Kier molecular flexibility index (Phi) is 4.07. The molecule has 22 heavy (non-hydrogen) atoms. The molecule has 1 atom stereocenters. The molecule has 0 radical (unpaired) electrons. The van der Waals surface area contributed by atoms with Crippen molar-refractivity contribution in [2.45, 2.75) is 26.2 Å². The van der Waals surface area contributed by atoms with E-state index >= 15 is 0 Å². The van der Waals surface area contributed by atoms with E-state index in [2.05, 4.69) is 17.4 Å². The summed E-state index contributed by atoms with van der Waals surface area (Å²) in [5, 5.41) is 7.18. The maximum Gasteiger partial charge on any atom is 0.278 e. The minimum atomic E-state index is -0.277. The molecule has 3 rings (SSSR count). The van der Waals surface area contributed by atoms with Crippen molar-refractivity contribution in [1.82, 2.24) is 5.16 Å². The number of fused-ring (bicyclic) bond motifs is 1. The van der Waals surface area contributed by atoms with Crippen molar-refractivity contribution in [1.29, 1.82) is 0 Å². The van der Waals surface area contributed by atoms with Gasteiger partial charge in [0, 0.05) is 17.7 Å². The van der Waals surface area contributed by atoms with E-state index in [1.54, 1.807) is 25.3 Å². The SMILES string of the molecule is COc1ccc(NC(=O)c2noc3c2C[C@@H](C)CC3)cc1Cl. The number of anilines is 1. The van der Waals surface area contributed by atoms with E-state index in [4.69, 9.17) is 20.9 Å². The summed E-state index contributed by atoms with van der Waals surface area (Å²) in [6, 6.07) is 5.09. The molecule has 1 aromatic carbocycles. The number of halogens is 1. The van der Waals surface area contributed by atoms with Gasteiger partial charge in [-0.25, -0.2) is 0 Å². The molecule has 5 nitrogen and oxygen atoms in total. The molecule has 1 aromatic heterocycles. The number of benzene rings is 1. The first-order chi connectivity index (χ1) is 10.6. The first-order valence-corrected chi connectivity index (χ1v) is 7.58. The molecule has 0 aliphatic heterocycles. The Bertz CT molecular complexity index is 711. The van der Waals surface area contributed by atoms with Crippen molar-refractivity contribution >= 4 is 23.2 Å². The highest BCUT2D eigenvalue weighted by atomic mass is 35.5. The normalized spacial score (nSPS) is 17.0. The number of nitrogens with zero attached hydrogens (tertiary/aromatic N) is 1. The third kappa shape index (κ3) is 2.81. The highest BCUT2D eigenvalue weighted by Gasteiger charge is 2.27. The van der Waals surface area contributed by atoms with Crippen LogP contribution in [0.3, 0.4) is 0 Å². The minimum Gasteiger partial charge on any atom is -0.495 e. The molecule has 0 spiro atoms. The number of aromatic nitrogens is 1. The number of ether oxygens (including phenoxy) is 1. The third-order valence-corrected chi connectivity index (χ3v) is 4.21. The van der Waals surface area contributed by atoms with Crippen molar-refractivity contribution < 1.29 is 14.1 Å². The number of hydrogen-bond acceptors (Lipinski definition) is 4. The fraction of sp³-hybridized carbons (Fsp3) is 0.375. The summed E-state index contributed by atoms with van der Waals surface area (Å²) in [4.78, 5) is 12.4. The van der Waals surface area contributed by atoms with Crippen molar-refractivity contribution in [3.8, 4) is 5.75 Å². The Morgan fingerprint density at radius 3 is 3.05 bits per heavy atom. The molecular formula is C16H17ClN2O3. The van der Waals surface area contributed by atoms with E-state index < -0.39 is 0 Å². The van der Waals surface area contributed by atoms with Gasteiger partial charge < -0.3 is 14.6 Å². The number of rotatable bonds is 3. The summed E-state index contributed by atoms with van der Waals surface area (Å²) >= 11 is 6.06. The van der Waals surface area contributed by atoms with E-state index in [-0.39, 0.29) is 5.91 Å². The van der Waals surface area contributed by atoms with E-state index in [1.165, 1.54) is 0 Å². The molecule has 1 amide bonds. The van der Waals surface area contributed by atoms with Crippen LogP contribution in [-0.4, -0.2) is 18.2 Å². The van der Waals surface area contributed by atoms with Gasteiger partial charge in [-0.2, -0.15) is 0 Å². The van der Waals surface area contributed by atoms with Crippen LogP contribution in [0.25, 0.3) is 0 Å². The van der Waals surface area contributed by atoms with Crippen LogP contribution in [0.2, 0.25) is 5.02 Å². The number of aryl methyl sites for hydroxylation is 1. The molecule has 6 heteroatoms. The predicted octanol–water partition coefficient (Wildman–Crippen LogP) is 3.71. The Labute approximate surface area is 133 Å². The molecule has 2 aromatic rings. The minimum absolute atomic E-state index is 0.277. The highest BCUT2D eigenvalue weighted by molar-refractivity contribution is 6.32. The molecular weight excluding hydrogens is 304 g/mol. The van der Waals surface area contributed by atoms with E-state index in [9.17, 15) is 4.79 Å². The van der Waals surface area contributed by atoms with Gasteiger partial charge in [0.1, 0.15) is 11.5 Å². The lowest BCUT2D eigenvalue weighted by molar-refractivity contribution is 0.101. The van der Waals surface area contributed by atoms with E-state index in [0.717, 1.165) is 30.6 Å². The van der Waals surface area contributed by atoms with Crippen molar-refractivity contribution in [2.24, 2.45) is 5.92 Å². The molecule has 0 fully saturated rings. The number of carbonyl (C=O) groups excluding carboxylic acids is 1. The van der Waals surface area contributed by atoms with Crippen LogP contribution < -0.4 is 10.1 Å². The second kappa shape index (κ2) is 6.01. The predicted molar refractivity (Wildman–Crippen MR) is 83.6 cm³/mol. The van der Waals surface area contributed by atoms with Crippen molar-refractivity contribution in [2.75, 3.05) is 12.4 Å². The maximum absolute atomic E-state index is 12.4. The van der Waals surface area contributed by atoms with E-state index in [0.29, 0.717) is 28.1 Å². The summed E-state index contributed by atoms with van der Waals surface area (Å²) in [6.45, 7) is 2.17. The number of nitrogens with one attached hydrogen (secondary N) is 1. The van der Waals surface area contributed by atoms with Crippen LogP contribution in [0.1, 0.15) is 35.2 Å². The molecule has 0 bridgehead atoms. The standard InChI is InChI=1S/C16H17ClN2O3/c1-9-3-5-13-11(7-9)15(19-22-13)16(20)18-10-4-6-14(21-2)12(17)8-10/h4,6,8-9H,3,5,7H2,1-2H3,(H,18,20)/t9-/m0/s1. The Hall–Kier alpha value is -2.01. The lowest BCUT2D eigenvalue weighted by Gasteiger charge is -2.16. The maximum atomic E-state index is 12.4. The Morgan fingerprint density at radius 2 is 2.32 bits per heavy atom. The summed E-state index contributed by atoms with van der Waals surface area (Å²) in [5.74, 6) is 1.65. The zero-order valence-corrected chi connectivity index (χ0v) is 13.2. The molecule has 1 heterocycles. The largest absolute Gasteiger partial charge is 0.495 e.